The zero-order valence-electron chi connectivity index (χ0n) is 62.9. The van der Waals surface area contributed by atoms with Crippen LogP contribution in [-0.2, 0) is 33.2 Å². The predicted molar refractivity (Wildman–Crippen MR) is 397 cm³/mol. The van der Waals surface area contributed by atoms with Gasteiger partial charge in [-0.3, -0.25) is 4.79 Å². The molecule has 3 aliphatic heterocycles. The van der Waals surface area contributed by atoms with E-state index < -0.39 is 124 Å². The van der Waals surface area contributed by atoms with Gasteiger partial charge >= 0.3 is 0 Å². The van der Waals surface area contributed by atoms with Crippen LogP contribution in [0.25, 0.3) is 0 Å². The first-order valence-electron chi connectivity index (χ1n) is 41.2. The predicted octanol–water partition coefficient (Wildman–Crippen LogP) is 13.9. The van der Waals surface area contributed by atoms with Crippen molar-refractivity contribution in [2.24, 2.45) is 0 Å². The average molecular weight is 1430 g/mol. The van der Waals surface area contributed by atoms with Gasteiger partial charge in [-0.05, 0) is 44.9 Å². The van der Waals surface area contributed by atoms with Crippen LogP contribution in [0.4, 0.5) is 0 Å². The number of hydrogen-bond donors (Lipinski definition) is 12. The molecule has 0 radical (unpaired) electrons. The van der Waals surface area contributed by atoms with Gasteiger partial charge in [0.25, 0.3) is 0 Å². The minimum Gasteiger partial charge on any atom is -0.394 e. The molecule has 3 saturated heterocycles. The molecular weight excluding hydrogens is 1270 g/mol. The summed E-state index contributed by atoms with van der Waals surface area (Å²) in [5.41, 5.74) is 0. The molecule has 19 heteroatoms. The zero-order chi connectivity index (χ0) is 72.5. The first-order valence-corrected chi connectivity index (χ1v) is 41.2. The fourth-order valence-corrected chi connectivity index (χ4v) is 14.1. The van der Waals surface area contributed by atoms with Crippen LogP contribution in [0.3, 0.4) is 0 Å². The van der Waals surface area contributed by atoms with Gasteiger partial charge in [-0.25, -0.2) is 0 Å². The fraction of sp³-hybridized carbons (Fsp3) is 0.914. The molecule has 0 aliphatic carbocycles. The molecular formula is C81H151NO18. The van der Waals surface area contributed by atoms with Crippen molar-refractivity contribution >= 4 is 5.91 Å². The molecule has 3 heterocycles. The Morgan fingerprint density at radius 2 is 0.640 bits per heavy atom. The van der Waals surface area contributed by atoms with E-state index in [4.69, 9.17) is 28.4 Å². The maximum atomic E-state index is 13.5. The highest BCUT2D eigenvalue weighted by Crippen LogP contribution is 2.33. The second kappa shape index (κ2) is 62.1. The van der Waals surface area contributed by atoms with Gasteiger partial charge in [-0.2, -0.15) is 0 Å². The maximum absolute atomic E-state index is 13.5. The van der Waals surface area contributed by atoms with Crippen molar-refractivity contribution in [1.82, 2.24) is 5.32 Å². The quantitative estimate of drug-likeness (QED) is 0.0199. The largest absolute Gasteiger partial charge is 0.394 e. The van der Waals surface area contributed by atoms with Crippen molar-refractivity contribution in [3.63, 3.8) is 0 Å². The molecule has 0 aromatic heterocycles. The Bertz CT molecular complexity index is 1950. The highest BCUT2D eigenvalue weighted by atomic mass is 16.8. The number of amides is 1. The third kappa shape index (κ3) is 41.8. The summed E-state index contributed by atoms with van der Waals surface area (Å²) < 4.78 is 34.4. The number of carbonyl (C=O) groups is 1. The van der Waals surface area contributed by atoms with Gasteiger partial charge in [-0.1, -0.05) is 326 Å². The molecule has 3 rings (SSSR count). The number of aliphatic hydroxyl groups is 11. The zero-order valence-corrected chi connectivity index (χ0v) is 62.9. The van der Waals surface area contributed by atoms with E-state index in [1.54, 1.807) is 6.08 Å². The van der Waals surface area contributed by atoms with Crippen LogP contribution >= 0.6 is 0 Å². The lowest BCUT2D eigenvalue weighted by Gasteiger charge is -2.48. The van der Waals surface area contributed by atoms with E-state index in [1.165, 1.54) is 263 Å². The molecule has 588 valence electrons. The van der Waals surface area contributed by atoms with Crippen LogP contribution in [0.5, 0.6) is 0 Å². The Morgan fingerprint density at radius 1 is 0.350 bits per heavy atom. The van der Waals surface area contributed by atoms with Crippen molar-refractivity contribution in [1.29, 1.82) is 0 Å². The van der Waals surface area contributed by atoms with Crippen LogP contribution in [-0.4, -0.2) is 193 Å². The third-order valence-corrected chi connectivity index (χ3v) is 20.7. The SMILES string of the molecule is CCCCCCCCCCC/C=C/CC/C=C/CC/C=C/C(O)C(COC1OC(CO)C(OC2OC(CO)C(OC3OC(CO)C(O)C(O)C3O)C(O)C2O)C(O)C1O)NC(=O)CCCCCCCCCCCCCCCCCCCCCCCCCCCCCCCCCCCCCC. The summed E-state index contributed by atoms with van der Waals surface area (Å²) in [5, 5.41) is 121. The van der Waals surface area contributed by atoms with Crippen LogP contribution in [0.2, 0.25) is 0 Å². The summed E-state index contributed by atoms with van der Waals surface area (Å²) in [4.78, 5) is 13.5. The van der Waals surface area contributed by atoms with E-state index in [1.807, 2.05) is 6.08 Å². The van der Waals surface area contributed by atoms with Crippen molar-refractivity contribution < 1.29 is 89.4 Å². The third-order valence-electron chi connectivity index (χ3n) is 20.7. The summed E-state index contributed by atoms with van der Waals surface area (Å²) >= 11 is 0. The molecule has 0 aromatic carbocycles. The lowest BCUT2D eigenvalue weighted by atomic mass is 9.96. The van der Waals surface area contributed by atoms with Crippen molar-refractivity contribution in [2.75, 3.05) is 26.4 Å². The Kier molecular flexibility index (Phi) is 57.3. The highest BCUT2D eigenvalue weighted by Gasteiger charge is 2.54. The van der Waals surface area contributed by atoms with Crippen molar-refractivity contribution in [2.45, 2.75) is 446 Å². The molecule has 100 heavy (non-hydrogen) atoms. The lowest BCUT2D eigenvalue weighted by molar-refractivity contribution is -0.379. The summed E-state index contributed by atoms with van der Waals surface area (Å²) in [6, 6.07) is -0.995. The highest BCUT2D eigenvalue weighted by molar-refractivity contribution is 5.76. The lowest BCUT2D eigenvalue weighted by Crippen LogP contribution is -2.66. The van der Waals surface area contributed by atoms with Gasteiger partial charge in [-0.15, -0.1) is 0 Å². The first kappa shape index (κ1) is 92.2. The molecule has 3 fully saturated rings. The number of nitrogens with one attached hydrogen (secondary N) is 1. The summed E-state index contributed by atoms with van der Waals surface area (Å²) in [7, 11) is 0. The van der Waals surface area contributed by atoms with Gasteiger partial charge in [0.1, 0.15) is 73.2 Å². The Hall–Kier alpha value is -1.99. The summed E-state index contributed by atoms with van der Waals surface area (Å²) in [6.45, 7) is 1.75. The second-order valence-electron chi connectivity index (χ2n) is 29.6. The number of aliphatic hydroxyl groups excluding tert-OH is 11. The van der Waals surface area contributed by atoms with E-state index in [2.05, 4.69) is 43.5 Å². The number of carbonyl (C=O) groups excluding carboxylic acids is 1. The molecule has 0 saturated carbocycles. The normalized spacial score (nSPS) is 26.6. The molecule has 0 bridgehead atoms. The minimum absolute atomic E-state index is 0.236. The van der Waals surface area contributed by atoms with E-state index in [-0.39, 0.29) is 18.9 Å². The van der Waals surface area contributed by atoms with Crippen LogP contribution in [0.1, 0.15) is 341 Å². The van der Waals surface area contributed by atoms with Gasteiger partial charge in [0.2, 0.25) is 5.91 Å². The van der Waals surface area contributed by atoms with Gasteiger partial charge in [0, 0.05) is 6.42 Å². The van der Waals surface area contributed by atoms with Crippen LogP contribution in [0.15, 0.2) is 36.5 Å². The second-order valence-corrected chi connectivity index (χ2v) is 29.6. The average Bonchev–Trinajstić information content (AvgIpc) is 0.781. The molecule has 3 aliphatic rings. The van der Waals surface area contributed by atoms with Crippen molar-refractivity contribution in [3.8, 4) is 0 Å². The molecule has 19 nitrogen and oxygen atoms in total. The number of hydrogen-bond acceptors (Lipinski definition) is 18. The number of unbranched alkanes of at least 4 members (excludes halogenated alkanes) is 46. The Morgan fingerprint density at radius 3 is 1.00 bits per heavy atom. The van der Waals surface area contributed by atoms with Gasteiger partial charge in [0.15, 0.2) is 18.9 Å². The van der Waals surface area contributed by atoms with E-state index in [9.17, 15) is 61.0 Å². The summed E-state index contributed by atoms with van der Waals surface area (Å²) in [5.74, 6) is -0.283. The molecule has 0 aromatic rings. The van der Waals surface area contributed by atoms with Crippen LogP contribution in [0, 0.1) is 0 Å². The molecule has 1 amide bonds. The maximum Gasteiger partial charge on any atom is 0.220 e. The molecule has 0 spiro atoms. The monoisotopic (exact) mass is 1430 g/mol. The number of ether oxygens (including phenoxy) is 6. The van der Waals surface area contributed by atoms with Gasteiger partial charge < -0.3 is 89.9 Å². The fourth-order valence-electron chi connectivity index (χ4n) is 14.1. The Balaban J connectivity index is 1.33. The van der Waals surface area contributed by atoms with E-state index in [0.717, 1.165) is 44.9 Å². The Labute approximate surface area is 606 Å². The molecule has 17 unspecified atom stereocenters. The summed E-state index contributed by atoms with van der Waals surface area (Å²) in [6.07, 6.45) is 50.2. The molecule has 17 atom stereocenters. The van der Waals surface area contributed by atoms with E-state index in [0.29, 0.717) is 12.8 Å². The standard InChI is InChI=1S/C81H151NO18/c1-3-5-7-9-11-13-15-17-19-21-23-24-25-26-27-28-29-30-31-32-33-34-35-36-37-38-39-41-43-45-47-49-51-53-55-57-59-69(87)82-64(65(86)58-56-54-52-50-48-46-44-42-40-22-20-18-16-14-12-10-8-6-4-2)63-95-79-75(93)72(90)77(67(61-84)97-79)100-81-76(94)73(91)78(68(62-85)98-81)99-80-74(92)71(89)70(88)66(60-83)96-80/h40,42,48,50,56,58,64-68,70-81,83-86,88-94H,3-39,41,43-47,49,51-55,57,59-63H2,1-2H3,(H,82,87)/b42-40+,50-48+,58-56+. The smallest absolute Gasteiger partial charge is 0.220 e. The van der Waals surface area contributed by atoms with Crippen LogP contribution < -0.4 is 5.32 Å². The number of allylic oxidation sites excluding steroid dienone is 5. The minimum atomic E-state index is -1.98. The van der Waals surface area contributed by atoms with Crippen molar-refractivity contribution in [3.05, 3.63) is 36.5 Å². The topological polar surface area (TPSA) is 307 Å². The molecule has 12 N–H and O–H groups in total. The first-order chi connectivity index (χ1) is 48.8. The van der Waals surface area contributed by atoms with Gasteiger partial charge in [0.05, 0.1) is 38.6 Å². The number of rotatable bonds is 66. The van der Waals surface area contributed by atoms with E-state index >= 15 is 0 Å².